The molecule has 0 spiro atoms. The van der Waals surface area contributed by atoms with Crippen molar-refractivity contribution in [2.24, 2.45) is 0 Å². The Bertz CT molecular complexity index is 1370. The van der Waals surface area contributed by atoms with Gasteiger partial charge in [0.1, 0.15) is 6.04 Å². The monoisotopic (exact) mass is 629 g/mol. The van der Waals surface area contributed by atoms with Gasteiger partial charge in [0.05, 0.1) is 23.4 Å². The first-order valence-corrected chi connectivity index (χ1v) is 14.3. The van der Waals surface area contributed by atoms with E-state index in [1.54, 1.807) is 17.9 Å². The van der Waals surface area contributed by atoms with Crippen LogP contribution in [0.1, 0.15) is 49.0 Å². The molecule has 2 aliphatic rings. The van der Waals surface area contributed by atoms with Crippen molar-refractivity contribution < 1.29 is 36.3 Å². The standard InChI is InChI=1S/C29H33ClF5N5O3/c1-17-16-39(13-12-38(17)11-9-29(33,34)35)24-14-20(30)6-8-22(24)37-27(42)21-7-5-19(25(31)26(21)32)15-36-28(43)23-4-3-10-40(23)18(2)41/h5-8,14,17,23H,3-4,9-13,15-16H2,1-2H3,(H,36,43)(H,37,42)/t17-,23-/m0/s1. The lowest BCUT2D eigenvalue weighted by molar-refractivity contribution is -0.139. The zero-order valence-electron chi connectivity index (χ0n) is 23.7. The highest BCUT2D eigenvalue weighted by Crippen LogP contribution is 2.32. The minimum absolute atomic E-state index is 0.125. The molecule has 8 nitrogen and oxygen atoms in total. The third-order valence-electron chi connectivity index (χ3n) is 7.82. The summed E-state index contributed by atoms with van der Waals surface area (Å²) in [5, 5.41) is 5.49. The second kappa shape index (κ2) is 13.5. The fourth-order valence-corrected chi connectivity index (χ4v) is 5.66. The lowest BCUT2D eigenvalue weighted by Gasteiger charge is -2.41. The van der Waals surface area contributed by atoms with Crippen LogP contribution < -0.4 is 15.5 Å². The van der Waals surface area contributed by atoms with Crippen molar-refractivity contribution >= 4 is 40.7 Å². The number of nitrogens with zero attached hydrogens (tertiary/aromatic N) is 3. The number of likely N-dealkylation sites (tertiary alicyclic amines) is 1. The zero-order chi connectivity index (χ0) is 31.5. The van der Waals surface area contributed by atoms with Crippen LogP contribution in [0, 0.1) is 11.6 Å². The highest BCUT2D eigenvalue weighted by molar-refractivity contribution is 6.31. The summed E-state index contributed by atoms with van der Waals surface area (Å²) in [6.45, 7) is 4.23. The van der Waals surface area contributed by atoms with Crippen molar-refractivity contribution in [1.82, 2.24) is 15.1 Å². The molecule has 234 valence electrons. The van der Waals surface area contributed by atoms with Gasteiger partial charge in [-0.25, -0.2) is 8.78 Å². The Morgan fingerprint density at radius 2 is 1.79 bits per heavy atom. The summed E-state index contributed by atoms with van der Waals surface area (Å²) in [5.41, 5.74) is 0.0414. The van der Waals surface area contributed by atoms with E-state index in [0.717, 1.165) is 6.07 Å². The maximum absolute atomic E-state index is 15.1. The topological polar surface area (TPSA) is 85.0 Å². The summed E-state index contributed by atoms with van der Waals surface area (Å²) in [6, 6.07) is 6.05. The van der Waals surface area contributed by atoms with Gasteiger partial charge in [-0.15, -0.1) is 0 Å². The predicted molar refractivity (Wildman–Crippen MR) is 152 cm³/mol. The van der Waals surface area contributed by atoms with Crippen molar-refractivity contribution in [2.45, 2.75) is 57.9 Å². The van der Waals surface area contributed by atoms with E-state index in [1.807, 2.05) is 4.90 Å². The van der Waals surface area contributed by atoms with Crippen molar-refractivity contribution in [2.75, 3.05) is 42.9 Å². The Hall–Kier alpha value is -3.45. The van der Waals surface area contributed by atoms with Crippen LogP contribution in [0.3, 0.4) is 0 Å². The number of benzene rings is 2. The van der Waals surface area contributed by atoms with E-state index < -0.39 is 47.7 Å². The summed E-state index contributed by atoms with van der Waals surface area (Å²) in [7, 11) is 0. The molecule has 4 rings (SSSR count). The van der Waals surface area contributed by atoms with Gasteiger partial charge in [0, 0.05) is 62.8 Å². The number of halogens is 6. The third-order valence-corrected chi connectivity index (χ3v) is 8.05. The Labute approximate surface area is 251 Å². The number of hydrogen-bond acceptors (Lipinski definition) is 5. The molecule has 2 N–H and O–H groups in total. The summed E-state index contributed by atoms with van der Waals surface area (Å²) in [4.78, 5) is 42.4. The van der Waals surface area contributed by atoms with E-state index in [2.05, 4.69) is 10.6 Å². The molecule has 0 bridgehead atoms. The van der Waals surface area contributed by atoms with Gasteiger partial charge in [-0.1, -0.05) is 17.7 Å². The van der Waals surface area contributed by atoms with Crippen LogP contribution in [-0.4, -0.2) is 78.5 Å². The van der Waals surface area contributed by atoms with Crippen LogP contribution in [0.15, 0.2) is 30.3 Å². The predicted octanol–water partition coefficient (Wildman–Crippen LogP) is 4.96. The molecule has 2 heterocycles. The number of carbonyl (C=O) groups excluding carboxylic acids is 3. The highest BCUT2D eigenvalue weighted by atomic mass is 35.5. The molecule has 2 aromatic carbocycles. The van der Waals surface area contributed by atoms with Crippen molar-refractivity contribution in [1.29, 1.82) is 0 Å². The van der Waals surface area contributed by atoms with E-state index in [9.17, 15) is 31.9 Å². The Morgan fingerprint density at radius 1 is 1.05 bits per heavy atom. The van der Waals surface area contributed by atoms with Gasteiger partial charge in [-0.2, -0.15) is 13.2 Å². The van der Waals surface area contributed by atoms with Gasteiger partial charge in [0.2, 0.25) is 11.8 Å². The van der Waals surface area contributed by atoms with Gasteiger partial charge in [0.15, 0.2) is 11.6 Å². The molecule has 2 saturated heterocycles. The van der Waals surface area contributed by atoms with E-state index >= 15 is 4.39 Å². The SMILES string of the molecule is CC(=O)N1CCC[C@H]1C(=O)NCc1ccc(C(=O)Nc2ccc(Cl)cc2N2CCN(CCC(F)(F)F)[C@@H](C)C2)c(F)c1F. The second-order valence-corrected chi connectivity index (χ2v) is 11.2. The Balaban J connectivity index is 1.43. The number of carbonyl (C=O) groups is 3. The first kappa shape index (κ1) is 32.5. The molecule has 0 aromatic heterocycles. The van der Waals surface area contributed by atoms with Gasteiger partial charge < -0.3 is 20.4 Å². The van der Waals surface area contributed by atoms with E-state index in [-0.39, 0.29) is 36.3 Å². The van der Waals surface area contributed by atoms with Crippen LogP contribution in [0.25, 0.3) is 0 Å². The van der Waals surface area contributed by atoms with Crippen LogP contribution in [-0.2, 0) is 16.1 Å². The molecule has 43 heavy (non-hydrogen) atoms. The number of alkyl halides is 3. The molecule has 2 aromatic rings. The normalized spacial score (nSPS) is 19.4. The minimum atomic E-state index is -4.25. The summed E-state index contributed by atoms with van der Waals surface area (Å²) in [5.74, 6) is -4.32. The minimum Gasteiger partial charge on any atom is -0.367 e. The van der Waals surface area contributed by atoms with Gasteiger partial charge in [-0.3, -0.25) is 19.3 Å². The number of nitrogens with one attached hydrogen (secondary N) is 2. The van der Waals surface area contributed by atoms with Gasteiger partial charge in [0.25, 0.3) is 5.91 Å². The fourth-order valence-electron chi connectivity index (χ4n) is 5.50. The lowest BCUT2D eigenvalue weighted by atomic mass is 10.1. The molecule has 0 radical (unpaired) electrons. The Kier molecular flexibility index (Phi) is 10.2. The fraction of sp³-hybridized carbons (Fsp3) is 0.483. The summed E-state index contributed by atoms with van der Waals surface area (Å²) in [6.07, 6.45) is -4.03. The number of anilines is 2. The summed E-state index contributed by atoms with van der Waals surface area (Å²) >= 11 is 6.20. The molecule has 2 aliphatic heterocycles. The molecular weight excluding hydrogens is 597 g/mol. The largest absolute Gasteiger partial charge is 0.390 e. The van der Waals surface area contributed by atoms with E-state index in [4.69, 9.17) is 11.6 Å². The van der Waals surface area contributed by atoms with Crippen molar-refractivity contribution in [3.05, 3.63) is 58.1 Å². The highest BCUT2D eigenvalue weighted by Gasteiger charge is 2.33. The van der Waals surface area contributed by atoms with E-state index in [0.29, 0.717) is 49.7 Å². The zero-order valence-corrected chi connectivity index (χ0v) is 24.5. The Morgan fingerprint density at radius 3 is 2.47 bits per heavy atom. The maximum atomic E-state index is 15.1. The maximum Gasteiger partial charge on any atom is 0.390 e. The smallest absolute Gasteiger partial charge is 0.367 e. The third kappa shape index (κ3) is 7.94. The molecule has 2 atom stereocenters. The molecule has 2 fully saturated rings. The van der Waals surface area contributed by atoms with Crippen LogP contribution >= 0.6 is 11.6 Å². The first-order valence-electron chi connectivity index (χ1n) is 13.9. The van der Waals surface area contributed by atoms with Crippen molar-refractivity contribution in [3.63, 3.8) is 0 Å². The summed E-state index contributed by atoms with van der Waals surface area (Å²) < 4.78 is 68.1. The first-order chi connectivity index (χ1) is 20.2. The molecule has 3 amide bonds. The number of rotatable bonds is 8. The molecule has 0 unspecified atom stereocenters. The second-order valence-electron chi connectivity index (χ2n) is 10.8. The number of amides is 3. The van der Waals surface area contributed by atoms with Gasteiger partial charge >= 0.3 is 6.18 Å². The van der Waals surface area contributed by atoms with Crippen LogP contribution in [0.5, 0.6) is 0 Å². The molecule has 14 heteroatoms. The molecule has 0 aliphatic carbocycles. The quantitative estimate of drug-likeness (QED) is 0.404. The lowest BCUT2D eigenvalue weighted by Crippen LogP contribution is -2.52. The molecular formula is C29H33ClF5N5O3. The molecule has 0 saturated carbocycles. The van der Waals surface area contributed by atoms with E-state index in [1.165, 1.54) is 30.0 Å². The van der Waals surface area contributed by atoms with Gasteiger partial charge in [-0.05, 0) is 44.0 Å². The van der Waals surface area contributed by atoms with Crippen LogP contribution in [0.2, 0.25) is 5.02 Å². The van der Waals surface area contributed by atoms with Crippen molar-refractivity contribution in [3.8, 4) is 0 Å². The average molecular weight is 630 g/mol. The average Bonchev–Trinajstić information content (AvgIpc) is 3.44. The van der Waals surface area contributed by atoms with Crippen LogP contribution in [0.4, 0.5) is 33.3 Å². The number of hydrogen-bond donors (Lipinski definition) is 2. The number of piperazine rings is 1.